The highest BCUT2D eigenvalue weighted by Gasteiger charge is 2.43. The van der Waals surface area contributed by atoms with Crippen LogP contribution in [0.15, 0.2) is 0 Å². The molecule has 1 atom stereocenters. The van der Waals surface area contributed by atoms with Crippen LogP contribution in [-0.4, -0.2) is 42.2 Å². The molecule has 1 rings (SSSR count). The summed E-state index contributed by atoms with van der Waals surface area (Å²) in [5, 5.41) is 2.09. The zero-order valence-electron chi connectivity index (χ0n) is 5.80. The summed E-state index contributed by atoms with van der Waals surface area (Å²) >= 11 is 0. The Hall–Kier alpha value is -1.15. The highest BCUT2D eigenvalue weighted by atomic mass is 32.2. The van der Waals surface area contributed by atoms with E-state index >= 15 is 0 Å². The first kappa shape index (κ1) is 8.94. The maximum atomic E-state index is 10.8. The average molecular weight is 194 g/mol. The predicted octanol–water partition coefficient (Wildman–Crippen LogP) is -2.25. The molecule has 0 saturated carbocycles. The van der Waals surface area contributed by atoms with E-state index in [0.717, 1.165) is 0 Å². The predicted molar refractivity (Wildman–Crippen MR) is 36.2 cm³/mol. The lowest BCUT2D eigenvalue weighted by atomic mass is 10.2. The lowest BCUT2D eigenvalue weighted by Crippen LogP contribution is -2.63. The molecule has 1 aliphatic heterocycles. The van der Waals surface area contributed by atoms with Crippen molar-refractivity contribution < 1.29 is 22.6 Å². The minimum Gasteiger partial charge on any atom is -0.345 e. The van der Waals surface area contributed by atoms with Gasteiger partial charge < -0.3 is 5.32 Å². The van der Waals surface area contributed by atoms with Crippen molar-refractivity contribution in [3.05, 3.63) is 0 Å². The minimum absolute atomic E-state index is 0.212. The van der Waals surface area contributed by atoms with Gasteiger partial charge in [0.25, 0.3) is 5.91 Å². The monoisotopic (exact) mass is 194 g/mol. The third-order valence-electron chi connectivity index (χ3n) is 1.44. The van der Waals surface area contributed by atoms with Crippen LogP contribution >= 0.6 is 0 Å². The summed E-state index contributed by atoms with van der Waals surface area (Å²) in [6.07, 6.45) is 0.296. The van der Waals surface area contributed by atoms with Crippen LogP contribution in [0.2, 0.25) is 0 Å². The van der Waals surface area contributed by atoms with Gasteiger partial charge in [-0.05, 0) is 0 Å². The van der Waals surface area contributed by atoms with Gasteiger partial charge in [-0.3, -0.25) is 14.1 Å². The maximum Gasteiger partial charge on any atom is 0.362 e. The molecule has 2 amide bonds. The molecule has 2 N–H and O–H groups in total. The number of carbonyl (C=O) groups excluding carboxylic acids is 2. The van der Waals surface area contributed by atoms with Gasteiger partial charge in [-0.2, -0.15) is 8.42 Å². The second-order valence-electron chi connectivity index (χ2n) is 2.18. The number of nitrogens with zero attached hydrogens (tertiary/aromatic N) is 1. The molecule has 1 aliphatic rings. The van der Waals surface area contributed by atoms with Crippen molar-refractivity contribution >= 4 is 22.6 Å². The van der Waals surface area contributed by atoms with E-state index in [-0.39, 0.29) is 10.8 Å². The normalized spacial score (nSPS) is 23.2. The Morgan fingerprint density at radius 3 is 2.58 bits per heavy atom. The molecule has 0 aromatic rings. The Kier molecular flexibility index (Phi) is 2.02. The second-order valence-corrected chi connectivity index (χ2v) is 3.52. The summed E-state index contributed by atoms with van der Waals surface area (Å²) in [6, 6.07) is -0.829. The van der Waals surface area contributed by atoms with Crippen LogP contribution in [0, 0.1) is 0 Å². The third kappa shape index (κ3) is 1.38. The molecule has 8 heteroatoms. The van der Waals surface area contributed by atoms with E-state index in [1.807, 2.05) is 0 Å². The molecule has 0 aromatic carbocycles. The quantitative estimate of drug-likeness (QED) is 0.300. The number of amides is 2. The van der Waals surface area contributed by atoms with Crippen LogP contribution in [0.5, 0.6) is 0 Å². The third-order valence-corrected chi connectivity index (χ3v) is 2.33. The summed E-state index contributed by atoms with van der Waals surface area (Å²) in [5.41, 5.74) is 0. The van der Waals surface area contributed by atoms with Gasteiger partial charge >= 0.3 is 10.3 Å². The van der Waals surface area contributed by atoms with E-state index < -0.39 is 22.3 Å². The zero-order chi connectivity index (χ0) is 9.35. The molecular weight excluding hydrogens is 188 g/mol. The van der Waals surface area contributed by atoms with Crippen molar-refractivity contribution in [3.63, 3.8) is 0 Å². The smallest absolute Gasteiger partial charge is 0.345 e. The highest BCUT2D eigenvalue weighted by molar-refractivity contribution is 7.84. The van der Waals surface area contributed by atoms with E-state index in [0.29, 0.717) is 6.41 Å². The number of hydrogen-bond donors (Lipinski definition) is 2. The fraction of sp³-hybridized carbons (Fsp3) is 0.500. The van der Waals surface area contributed by atoms with Gasteiger partial charge in [-0.1, -0.05) is 0 Å². The van der Waals surface area contributed by atoms with Crippen LogP contribution in [-0.2, 0) is 19.9 Å². The van der Waals surface area contributed by atoms with Crippen LogP contribution < -0.4 is 5.32 Å². The van der Waals surface area contributed by atoms with Crippen molar-refractivity contribution in [1.29, 1.82) is 0 Å². The van der Waals surface area contributed by atoms with E-state index in [1.165, 1.54) is 0 Å². The van der Waals surface area contributed by atoms with Gasteiger partial charge in [0.05, 0.1) is 6.54 Å². The largest absolute Gasteiger partial charge is 0.362 e. The number of hydrogen-bond acceptors (Lipinski definition) is 4. The van der Waals surface area contributed by atoms with E-state index in [1.54, 1.807) is 0 Å². The van der Waals surface area contributed by atoms with Gasteiger partial charge in [0, 0.05) is 0 Å². The van der Waals surface area contributed by atoms with Gasteiger partial charge in [-0.25, -0.2) is 4.31 Å². The van der Waals surface area contributed by atoms with Crippen LogP contribution in [0.3, 0.4) is 0 Å². The second kappa shape index (κ2) is 2.72. The summed E-state index contributed by atoms with van der Waals surface area (Å²) in [5.74, 6) is -0.829. The number of nitrogens with one attached hydrogen (secondary N) is 1. The zero-order valence-corrected chi connectivity index (χ0v) is 6.61. The van der Waals surface area contributed by atoms with Crippen LogP contribution in [0.4, 0.5) is 0 Å². The van der Waals surface area contributed by atoms with Crippen LogP contribution in [0.25, 0.3) is 0 Å². The topological polar surface area (TPSA) is 104 Å². The lowest BCUT2D eigenvalue weighted by molar-refractivity contribution is -0.138. The molecule has 1 unspecified atom stereocenters. The Balaban J connectivity index is 2.61. The van der Waals surface area contributed by atoms with E-state index in [2.05, 4.69) is 5.32 Å². The van der Waals surface area contributed by atoms with Crippen LogP contribution in [0.1, 0.15) is 0 Å². The minimum atomic E-state index is -4.44. The molecule has 0 spiro atoms. The lowest BCUT2D eigenvalue weighted by Gasteiger charge is -2.34. The fourth-order valence-electron chi connectivity index (χ4n) is 0.809. The summed E-state index contributed by atoms with van der Waals surface area (Å²) in [4.78, 5) is 20.6. The van der Waals surface area contributed by atoms with Crippen molar-refractivity contribution in [2.75, 3.05) is 6.54 Å². The summed E-state index contributed by atoms with van der Waals surface area (Å²) in [6.45, 7) is -0.212. The Bertz CT molecular complexity index is 309. The molecule has 68 valence electrons. The fourth-order valence-corrected chi connectivity index (χ4v) is 1.50. The van der Waals surface area contributed by atoms with Crippen molar-refractivity contribution in [1.82, 2.24) is 9.62 Å². The maximum absolute atomic E-state index is 10.8. The number of β-lactam (4-membered cyclic amide) rings is 1. The Morgan fingerprint density at radius 2 is 2.25 bits per heavy atom. The molecule has 0 bridgehead atoms. The molecular formula is C4H6N2O5S. The first-order valence-corrected chi connectivity index (χ1v) is 4.35. The summed E-state index contributed by atoms with van der Waals surface area (Å²) < 4.78 is 29.3. The van der Waals surface area contributed by atoms with E-state index in [4.69, 9.17) is 4.55 Å². The molecule has 0 aromatic heterocycles. The Labute approximate surface area is 68.2 Å². The van der Waals surface area contributed by atoms with Crippen molar-refractivity contribution in [2.45, 2.75) is 6.04 Å². The molecule has 0 radical (unpaired) electrons. The average Bonchev–Trinajstić information content (AvgIpc) is 1.93. The van der Waals surface area contributed by atoms with Crippen molar-refractivity contribution in [2.24, 2.45) is 0 Å². The first-order chi connectivity index (χ1) is 5.46. The molecule has 1 saturated heterocycles. The molecule has 7 nitrogen and oxygen atoms in total. The van der Waals surface area contributed by atoms with Crippen molar-refractivity contribution in [3.8, 4) is 0 Å². The SMILES string of the molecule is O=CNC1CN(S(=O)(=O)O)C1=O. The molecule has 0 aliphatic carbocycles. The summed E-state index contributed by atoms with van der Waals surface area (Å²) in [7, 11) is -4.44. The van der Waals surface area contributed by atoms with Gasteiger partial charge in [0.2, 0.25) is 6.41 Å². The molecule has 12 heavy (non-hydrogen) atoms. The number of carbonyl (C=O) groups is 2. The standard InChI is InChI=1S/C4H6N2O5S/c7-2-5-3-1-6(4(3)8)12(9,10)11/h2-3H,1H2,(H,5,7)(H,9,10,11). The highest BCUT2D eigenvalue weighted by Crippen LogP contribution is 2.13. The molecule has 1 fully saturated rings. The first-order valence-electron chi connectivity index (χ1n) is 2.95. The number of rotatable bonds is 3. The molecule has 1 heterocycles. The van der Waals surface area contributed by atoms with E-state index in [9.17, 15) is 18.0 Å². The Morgan fingerprint density at radius 1 is 1.67 bits per heavy atom. The van der Waals surface area contributed by atoms with Gasteiger partial charge in [0.15, 0.2) is 0 Å². The van der Waals surface area contributed by atoms with Gasteiger partial charge in [-0.15, -0.1) is 0 Å². The van der Waals surface area contributed by atoms with Gasteiger partial charge in [0.1, 0.15) is 6.04 Å².